The van der Waals surface area contributed by atoms with Gasteiger partial charge in [0.25, 0.3) is 0 Å². The molecule has 0 unspecified atom stereocenters. The number of benzene rings is 2. The SMILES string of the molecule is CCCCCc1sc2c(OC(=O)N(CC)CC)cccc2c1[Se]c1ccccc1. The molecule has 0 aliphatic heterocycles. The number of fused-ring (bicyclic) bond motifs is 1. The summed E-state index contributed by atoms with van der Waals surface area (Å²) in [7, 11) is 0. The van der Waals surface area contributed by atoms with Crippen molar-refractivity contribution in [1.82, 2.24) is 4.90 Å². The predicted molar refractivity (Wildman–Crippen MR) is 125 cm³/mol. The van der Waals surface area contributed by atoms with Crippen LogP contribution in [-0.2, 0) is 6.42 Å². The first kappa shape index (κ1) is 21.9. The van der Waals surface area contributed by atoms with E-state index in [0.717, 1.165) is 11.1 Å². The molecule has 0 aliphatic carbocycles. The van der Waals surface area contributed by atoms with Crippen LogP contribution in [0.3, 0.4) is 0 Å². The molecule has 0 fully saturated rings. The molecule has 3 nitrogen and oxygen atoms in total. The molecule has 0 aliphatic rings. The van der Waals surface area contributed by atoms with Gasteiger partial charge >= 0.3 is 185 Å². The number of carbonyl (C=O) groups excluding carboxylic acids is 1. The van der Waals surface area contributed by atoms with E-state index in [1.54, 1.807) is 4.90 Å². The van der Waals surface area contributed by atoms with Crippen molar-refractivity contribution in [2.75, 3.05) is 13.1 Å². The van der Waals surface area contributed by atoms with Gasteiger partial charge in [0, 0.05) is 0 Å². The minimum atomic E-state index is -0.265. The number of thiophene rings is 1. The van der Waals surface area contributed by atoms with Gasteiger partial charge in [-0.2, -0.15) is 0 Å². The summed E-state index contributed by atoms with van der Waals surface area (Å²) in [5, 5.41) is 1.25. The van der Waals surface area contributed by atoms with Crippen LogP contribution in [0.5, 0.6) is 5.75 Å². The average Bonchev–Trinajstić information content (AvgIpc) is 3.08. The molecule has 5 heteroatoms. The number of nitrogens with zero attached hydrogens (tertiary/aromatic N) is 1. The Kier molecular flexibility index (Phi) is 8.17. The predicted octanol–water partition coefficient (Wildman–Crippen LogP) is 5.13. The van der Waals surface area contributed by atoms with Crippen molar-refractivity contribution in [2.45, 2.75) is 46.5 Å². The molecule has 0 N–H and O–H groups in total. The fourth-order valence-corrected chi connectivity index (χ4v) is 7.22. The first-order chi connectivity index (χ1) is 14.2. The monoisotopic (exact) mass is 475 g/mol. The van der Waals surface area contributed by atoms with Gasteiger partial charge in [0.2, 0.25) is 0 Å². The Morgan fingerprint density at radius 1 is 1.00 bits per heavy atom. The number of unbranched alkanes of at least 4 members (excludes halogenated alkanes) is 2. The van der Waals surface area contributed by atoms with Gasteiger partial charge in [0.1, 0.15) is 0 Å². The number of rotatable bonds is 9. The van der Waals surface area contributed by atoms with Gasteiger partial charge in [-0.15, -0.1) is 0 Å². The van der Waals surface area contributed by atoms with Crippen molar-refractivity contribution in [3.05, 3.63) is 53.4 Å². The standard InChI is InChI=1S/C24H29NO2SSe/c1-4-7-9-17-21-23(29-18-13-10-8-11-14-18)19-15-12-16-20(22(19)28-21)27-24(26)25(5-2)6-3/h8,10-16H,4-7,9,17H2,1-3H3. The summed E-state index contributed by atoms with van der Waals surface area (Å²) in [5.74, 6) is 0.691. The molecular formula is C24H29NO2SSe. The first-order valence-electron chi connectivity index (χ1n) is 10.4. The van der Waals surface area contributed by atoms with Crippen molar-refractivity contribution in [3.63, 3.8) is 0 Å². The van der Waals surface area contributed by atoms with Crippen molar-refractivity contribution in [1.29, 1.82) is 0 Å². The molecule has 1 heterocycles. The van der Waals surface area contributed by atoms with Crippen molar-refractivity contribution < 1.29 is 9.53 Å². The Morgan fingerprint density at radius 2 is 1.76 bits per heavy atom. The van der Waals surface area contributed by atoms with Crippen LogP contribution >= 0.6 is 11.3 Å². The van der Waals surface area contributed by atoms with Gasteiger partial charge in [-0.3, -0.25) is 0 Å². The molecule has 3 rings (SSSR count). The summed E-state index contributed by atoms with van der Waals surface area (Å²) in [5.41, 5.74) is 0. The maximum atomic E-state index is 12.5. The summed E-state index contributed by atoms with van der Waals surface area (Å²) in [6.07, 6.45) is 4.50. The van der Waals surface area contributed by atoms with Crippen molar-refractivity contribution in [2.24, 2.45) is 0 Å². The molecule has 154 valence electrons. The summed E-state index contributed by atoms with van der Waals surface area (Å²) < 4.78 is 9.75. The van der Waals surface area contributed by atoms with Gasteiger partial charge in [0.05, 0.1) is 0 Å². The molecule has 1 amide bonds. The zero-order valence-corrected chi connectivity index (χ0v) is 20.0. The van der Waals surface area contributed by atoms with E-state index >= 15 is 0 Å². The van der Waals surface area contributed by atoms with E-state index in [1.165, 1.54) is 38.4 Å². The van der Waals surface area contributed by atoms with E-state index in [9.17, 15) is 4.79 Å². The van der Waals surface area contributed by atoms with E-state index in [-0.39, 0.29) is 21.1 Å². The van der Waals surface area contributed by atoms with E-state index in [1.807, 2.05) is 37.3 Å². The second-order valence-electron chi connectivity index (χ2n) is 6.90. The molecule has 0 bridgehead atoms. The second kappa shape index (κ2) is 10.8. The number of aryl methyl sites for hydroxylation is 1. The number of hydrogen-bond donors (Lipinski definition) is 0. The number of amides is 1. The van der Waals surface area contributed by atoms with Crippen LogP contribution in [0.1, 0.15) is 44.9 Å². The van der Waals surface area contributed by atoms with Crippen LogP contribution in [0.25, 0.3) is 10.1 Å². The number of ether oxygens (including phenoxy) is 1. The molecule has 0 saturated heterocycles. The molecular weight excluding hydrogens is 445 g/mol. The molecule has 29 heavy (non-hydrogen) atoms. The first-order valence-corrected chi connectivity index (χ1v) is 12.9. The van der Waals surface area contributed by atoms with Crippen LogP contribution < -0.4 is 13.7 Å². The maximum absolute atomic E-state index is 12.5. The zero-order chi connectivity index (χ0) is 20.6. The van der Waals surface area contributed by atoms with Crippen molar-refractivity contribution in [3.8, 4) is 5.75 Å². The Bertz CT molecular complexity index is 935. The zero-order valence-electron chi connectivity index (χ0n) is 17.4. The fraction of sp³-hybridized carbons (Fsp3) is 0.375. The minimum absolute atomic E-state index is 0.239. The molecule has 3 aromatic rings. The van der Waals surface area contributed by atoms with E-state index in [2.05, 4.69) is 43.3 Å². The Hall–Kier alpha value is -1.81. The van der Waals surface area contributed by atoms with Crippen LogP contribution in [0.15, 0.2) is 48.5 Å². The Morgan fingerprint density at radius 3 is 2.45 bits per heavy atom. The normalized spacial score (nSPS) is 11.0. The third-order valence-electron chi connectivity index (χ3n) is 4.89. The van der Waals surface area contributed by atoms with Crippen LogP contribution in [0, 0.1) is 0 Å². The van der Waals surface area contributed by atoms with E-state index in [0.29, 0.717) is 18.8 Å². The third-order valence-corrected chi connectivity index (χ3v) is 8.94. The Labute approximate surface area is 184 Å². The van der Waals surface area contributed by atoms with E-state index < -0.39 is 0 Å². The van der Waals surface area contributed by atoms with Crippen LogP contribution in [-0.4, -0.2) is 39.0 Å². The molecule has 2 aromatic carbocycles. The molecule has 0 radical (unpaired) electrons. The molecule has 0 atom stereocenters. The average molecular weight is 475 g/mol. The van der Waals surface area contributed by atoms with Gasteiger partial charge in [0.15, 0.2) is 0 Å². The van der Waals surface area contributed by atoms with E-state index in [4.69, 9.17) is 4.74 Å². The number of carbonyl (C=O) groups is 1. The van der Waals surface area contributed by atoms with Crippen LogP contribution in [0.4, 0.5) is 4.79 Å². The quantitative estimate of drug-likeness (QED) is 0.318. The van der Waals surface area contributed by atoms with Gasteiger partial charge < -0.3 is 0 Å². The van der Waals surface area contributed by atoms with Gasteiger partial charge in [-0.1, -0.05) is 0 Å². The molecule has 0 saturated carbocycles. The number of hydrogen-bond acceptors (Lipinski definition) is 3. The second-order valence-corrected chi connectivity index (χ2v) is 10.3. The summed E-state index contributed by atoms with van der Waals surface area (Å²) in [4.78, 5) is 15.7. The molecule has 1 aromatic heterocycles. The third kappa shape index (κ3) is 5.42. The van der Waals surface area contributed by atoms with Crippen LogP contribution in [0.2, 0.25) is 0 Å². The summed E-state index contributed by atoms with van der Waals surface area (Å²) >= 11 is 2.05. The van der Waals surface area contributed by atoms with Gasteiger partial charge in [-0.25, -0.2) is 0 Å². The van der Waals surface area contributed by atoms with Gasteiger partial charge in [-0.05, 0) is 0 Å². The summed E-state index contributed by atoms with van der Waals surface area (Å²) in [6, 6.07) is 16.8. The van der Waals surface area contributed by atoms with Crippen molar-refractivity contribution >= 4 is 51.4 Å². The molecule has 0 spiro atoms. The Balaban J connectivity index is 1.98. The topological polar surface area (TPSA) is 29.5 Å². The fourth-order valence-electron chi connectivity index (χ4n) is 3.26. The summed E-state index contributed by atoms with van der Waals surface area (Å²) in [6.45, 7) is 7.50.